The lowest BCUT2D eigenvalue weighted by Crippen LogP contribution is -2.45. The van der Waals surface area contributed by atoms with Gasteiger partial charge in [-0.2, -0.15) is 0 Å². The third-order valence-electron chi connectivity index (χ3n) is 5.64. The molecule has 1 aromatic heterocycles. The molecule has 0 saturated heterocycles. The second-order valence-corrected chi connectivity index (χ2v) is 7.43. The predicted octanol–water partition coefficient (Wildman–Crippen LogP) is 2.96. The van der Waals surface area contributed by atoms with E-state index >= 15 is 0 Å². The third-order valence-corrected chi connectivity index (χ3v) is 5.64. The number of fused-ring (bicyclic) bond motifs is 2. The minimum absolute atomic E-state index is 0.284. The Hall–Kier alpha value is -2.89. The molecule has 6 heteroatoms. The van der Waals surface area contributed by atoms with E-state index in [9.17, 15) is 9.59 Å². The highest BCUT2D eigenvalue weighted by atomic mass is 16.5. The molecule has 1 heterocycles. The molecule has 1 atom stereocenters. The van der Waals surface area contributed by atoms with Gasteiger partial charge >= 0.3 is 12.0 Å². The molecule has 0 fully saturated rings. The highest BCUT2D eigenvalue weighted by molar-refractivity contribution is 5.94. The van der Waals surface area contributed by atoms with Crippen LogP contribution in [-0.2, 0) is 41.6 Å². The van der Waals surface area contributed by atoms with Gasteiger partial charge in [-0.3, -0.25) is 4.98 Å². The summed E-state index contributed by atoms with van der Waals surface area (Å²) in [5.74, 6) is -0.482. The second-order valence-electron chi connectivity index (χ2n) is 7.43. The highest BCUT2D eigenvalue weighted by Gasteiger charge is 2.27. The van der Waals surface area contributed by atoms with Crippen molar-refractivity contribution in [3.05, 3.63) is 58.4 Å². The number of anilines is 1. The Morgan fingerprint density at radius 1 is 1.11 bits per heavy atom. The van der Waals surface area contributed by atoms with Crippen molar-refractivity contribution in [2.45, 2.75) is 51.0 Å². The molecule has 0 radical (unpaired) electrons. The van der Waals surface area contributed by atoms with Crippen LogP contribution in [0.15, 0.2) is 30.5 Å². The standard InChI is InChI=1S/C22H25N3O3/c1-28-21(26)19(13-16-8-2-3-11-23-16)24-22(27)25-20-17-9-4-6-14(17)12-15-7-5-10-18(15)20/h2-3,8,11-12,19H,4-7,9-10,13H2,1H3,(H2,24,25,27)/t19-/m1/s1. The van der Waals surface area contributed by atoms with Crippen molar-refractivity contribution in [2.24, 2.45) is 0 Å². The molecule has 0 spiro atoms. The van der Waals surface area contributed by atoms with E-state index in [1.165, 1.54) is 29.4 Å². The van der Waals surface area contributed by atoms with Gasteiger partial charge in [0.2, 0.25) is 0 Å². The van der Waals surface area contributed by atoms with Gasteiger partial charge in [-0.1, -0.05) is 12.1 Å². The van der Waals surface area contributed by atoms with Gasteiger partial charge in [0.05, 0.1) is 7.11 Å². The van der Waals surface area contributed by atoms with Gasteiger partial charge in [-0.25, -0.2) is 9.59 Å². The number of carbonyl (C=O) groups is 2. The van der Waals surface area contributed by atoms with Crippen molar-refractivity contribution < 1.29 is 14.3 Å². The Kier molecular flexibility index (Phi) is 5.28. The van der Waals surface area contributed by atoms with E-state index in [1.54, 1.807) is 6.20 Å². The number of benzene rings is 1. The fraction of sp³-hybridized carbons (Fsp3) is 0.409. The number of esters is 1. The van der Waals surface area contributed by atoms with Crippen molar-refractivity contribution in [1.29, 1.82) is 0 Å². The molecule has 6 nitrogen and oxygen atoms in total. The first kappa shape index (κ1) is 18.5. The van der Waals surface area contributed by atoms with Crippen LogP contribution in [0.2, 0.25) is 0 Å². The zero-order chi connectivity index (χ0) is 19.5. The van der Waals surface area contributed by atoms with Crippen molar-refractivity contribution in [3.63, 3.8) is 0 Å². The van der Waals surface area contributed by atoms with Gasteiger partial charge < -0.3 is 15.4 Å². The molecule has 2 N–H and O–H groups in total. The number of aryl methyl sites for hydroxylation is 2. The summed E-state index contributed by atoms with van der Waals surface area (Å²) >= 11 is 0. The summed E-state index contributed by atoms with van der Waals surface area (Å²) in [7, 11) is 1.32. The van der Waals surface area contributed by atoms with Crippen LogP contribution in [0.5, 0.6) is 0 Å². The largest absolute Gasteiger partial charge is 0.467 e. The molecule has 1 aromatic carbocycles. The molecule has 0 saturated carbocycles. The summed E-state index contributed by atoms with van der Waals surface area (Å²) in [5.41, 5.74) is 6.91. The second kappa shape index (κ2) is 8.00. The maximum Gasteiger partial charge on any atom is 0.328 e. The molecule has 0 bridgehead atoms. The smallest absolute Gasteiger partial charge is 0.328 e. The third kappa shape index (κ3) is 3.72. The number of ether oxygens (including phenoxy) is 1. The monoisotopic (exact) mass is 379 g/mol. The van der Waals surface area contributed by atoms with E-state index in [0.717, 1.165) is 49.9 Å². The molecule has 146 valence electrons. The van der Waals surface area contributed by atoms with Gasteiger partial charge in [0.25, 0.3) is 0 Å². The number of nitrogens with zero attached hydrogens (tertiary/aromatic N) is 1. The first-order chi connectivity index (χ1) is 13.7. The van der Waals surface area contributed by atoms with Crippen molar-refractivity contribution in [2.75, 3.05) is 12.4 Å². The summed E-state index contributed by atoms with van der Waals surface area (Å²) < 4.78 is 4.87. The van der Waals surface area contributed by atoms with Crippen LogP contribution in [0, 0.1) is 0 Å². The number of hydrogen-bond donors (Lipinski definition) is 2. The zero-order valence-electron chi connectivity index (χ0n) is 16.1. The van der Waals surface area contributed by atoms with Crippen LogP contribution in [0.1, 0.15) is 40.8 Å². The van der Waals surface area contributed by atoms with Crippen molar-refractivity contribution >= 4 is 17.7 Å². The van der Waals surface area contributed by atoms with Crippen molar-refractivity contribution in [1.82, 2.24) is 10.3 Å². The predicted molar refractivity (Wildman–Crippen MR) is 106 cm³/mol. The fourth-order valence-electron chi connectivity index (χ4n) is 4.34. The van der Waals surface area contributed by atoms with Crippen LogP contribution in [0.25, 0.3) is 0 Å². The van der Waals surface area contributed by atoms with Gasteiger partial charge in [-0.05, 0) is 72.9 Å². The molecule has 4 rings (SSSR count). The average molecular weight is 379 g/mol. The molecular weight excluding hydrogens is 354 g/mol. The summed E-state index contributed by atoms with van der Waals surface area (Å²) in [6, 6.07) is 6.66. The van der Waals surface area contributed by atoms with Gasteiger partial charge in [0.15, 0.2) is 0 Å². The van der Waals surface area contributed by atoms with E-state index in [-0.39, 0.29) is 12.5 Å². The number of rotatable bonds is 5. The lowest BCUT2D eigenvalue weighted by molar-refractivity contribution is -0.142. The Bertz CT molecular complexity index is 863. The van der Waals surface area contributed by atoms with E-state index in [0.29, 0.717) is 0 Å². The number of nitrogens with one attached hydrogen (secondary N) is 2. The fourth-order valence-corrected chi connectivity index (χ4v) is 4.34. The summed E-state index contributed by atoms with van der Waals surface area (Å²) in [4.78, 5) is 29.2. The number of pyridine rings is 1. The Morgan fingerprint density at radius 2 is 1.82 bits per heavy atom. The first-order valence-electron chi connectivity index (χ1n) is 9.87. The first-order valence-corrected chi connectivity index (χ1v) is 9.87. The van der Waals surface area contributed by atoms with Crippen LogP contribution in [0.3, 0.4) is 0 Å². The van der Waals surface area contributed by atoms with Crippen LogP contribution in [-0.4, -0.2) is 30.1 Å². The molecule has 2 amide bonds. The minimum atomic E-state index is -0.787. The van der Waals surface area contributed by atoms with Gasteiger partial charge in [0.1, 0.15) is 6.04 Å². The van der Waals surface area contributed by atoms with Crippen molar-refractivity contribution in [3.8, 4) is 0 Å². The van der Waals surface area contributed by atoms with E-state index in [1.807, 2.05) is 18.2 Å². The van der Waals surface area contributed by atoms with E-state index in [4.69, 9.17) is 4.74 Å². The molecule has 28 heavy (non-hydrogen) atoms. The highest BCUT2D eigenvalue weighted by Crippen LogP contribution is 2.38. The maximum atomic E-state index is 12.8. The number of amides is 2. The number of methoxy groups -OCH3 is 1. The average Bonchev–Trinajstić information content (AvgIpc) is 3.36. The summed E-state index contributed by atoms with van der Waals surface area (Å²) in [6.07, 6.45) is 8.33. The SMILES string of the molecule is COC(=O)[C@@H](Cc1ccccn1)NC(=O)Nc1c2c(cc3c1CCC3)CCC2. The maximum absolute atomic E-state index is 12.8. The number of aromatic nitrogens is 1. The molecule has 2 aromatic rings. The molecular formula is C22H25N3O3. The normalized spacial score (nSPS) is 15.5. The Morgan fingerprint density at radius 3 is 2.43 bits per heavy atom. The summed E-state index contributed by atoms with van der Waals surface area (Å²) in [5, 5.41) is 5.84. The van der Waals surface area contributed by atoms with Crippen LogP contribution < -0.4 is 10.6 Å². The molecule has 2 aliphatic rings. The zero-order valence-corrected chi connectivity index (χ0v) is 16.1. The lowest BCUT2D eigenvalue weighted by atomic mass is 9.99. The van der Waals surface area contributed by atoms with Crippen LogP contribution >= 0.6 is 0 Å². The van der Waals surface area contributed by atoms with Gasteiger partial charge in [-0.15, -0.1) is 0 Å². The lowest BCUT2D eigenvalue weighted by Gasteiger charge is -2.20. The Balaban J connectivity index is 1.52. The van der Waals surface area contributed by atoms with Crippen LogP contribution in [0.4, 0.5) is 10.5 Å². The quantitative estimate of drug-likeness (QED) is 0.783. The molecule has 0 aliphatic heterocycles. The number of hydrogen-bond acceptors (Lipinski definition) is 4. The number of carbonyl (C=O) groups excluding carboxylic acids is 2. The molecule has 0 unspecified atom stereocenters. The summed E-state index contributed by atoms with van der Waals surface area (Å²) in [6.45, 7) is 0. The minimum Gasteiger partial charge on any atom is -0.467 e. The van der Waals surface area contributed by atoms with E-state index < -0.39 is 12.0 Å². The number of urea groups is 1. The van der Waals surface area contributed by atoms with Gasteiger partial charge in [0, 0.05) is 24.0 Å². The molecule has 2 aliphatic carbocycles. The topological polar surface area (TPSA) is 80.3 Å². The Labute approximate surface area is 164 Å². The van der Waals surface area contributed by atoms with E-state index in [2.05, 4.69) is 21.7 Å².